The van der Waals surface area contributed by atoms with Gasteiger partial charge in [0, 0.05) is 17.0 Å². The normalized spacial score (nSPS) is 16.6. The second-order valence-corrected chi connectivity index (χ2v) is 8.52. The smallest absolute Gasteiger partial charge is 0.343 e. The molecule has 176 valence electrons. The predicted molar refractivity (Wildman–Crippen MR) is 122 cm³/mol. The van der Waals surface area contributed by atoms with E-state index in [1.165, 1.54) is 14.2 Å². The molecule has 1 aliphatic carbocycles. The van der Waals surface area contributed by atoms with E-state index in [1.54, 1.807) is 12.1 Å². The number of carbonyl (C=O) groups excluding carboxylic acids is 2. The third kappa shape index (κ3) is 3.59. The fraction of sp³-hybridized carbons (Fsp3) is 0.346. The Kier molecular flexibility index (Phi) is 5.51. The molecule has 1 atom stereocenters. The van der Waals surface area contributed by atoms with E-state index in [9.17, 15) is 14.4 Å². The van der Waals surface area contributed by atoms with Gasteiger partial charge in [-0.15, -0.1) is 0 Å². The summed E-state index contributed by atoms with van der Waals surface area (Å²) >= 11 is 0. The van der Waals surface area contributed by atoms with Crippen LogP contribution < -0.4 is 19.8 Å². The summed E-state index contributed by atoms with van der Waals surface area (Å²) in [5, 5.41) is 0.718. The predicted octanol–water partition coefficient (Wildman–Crippen LogP) is 3.59. The first-order valence-corrected chi connectivity index (χ1v) is 11.1. The molecule has 0 spiro atoms. The van der Waals surface area contributed by atoms with Crippen molar-refractivity contribution in [1.29, 1.82) is 0 Å². The SMILES string of the molecule is COC(=O)COc1ccc(C2CC(=O)Oc3c2c(C)cc2oc(=O)c4c(c32)CCC4)cc1OC. The van der Waals surface area contributed by atoms with Crippen LogP contribution in [0.1, 0.15) is 46.6 Å². The minimum Gasteiger partial charge on any atom is -0.493 e. The molecule has 0 fully saturated rings. The zero-order chi connectivity index (χ0) is 24.0. The molecule has 3 aromatic rings. The number of hydrogen-bond acceptors (Lipinski definition) is 8. The van der Waals surface area contributed by atoms with Gasteiger partial charge >= 0.3 is 17.6 Å². The molecule has 0 amide bonds. The Morgan fingerprint density at radius 1 is 1.09 bits per heavy atom. The molecule has 1 unspecified atom stereocenters. The minimum atomic E-state index is -0.503. The van der Waals surface area contributed by atoms with Crippen LogP contribution in [0.4, 0.5) is 0 Å². The number of aryl methyl sites for hydroxylation is 2. The van der Waals surface area contributed by atoms with E-state index < -0.39 is 5.97 Å². The summed E-state index contributed by atoms with van der Waals surface area (Å²) in [4.78, 5) is 36.6. The first-order chi connectivity index (χ1) is 16.4. The van der Waals surface area contributed by atoms with Gasteiger partial charge in [-0.05, 0) is 61.1 Å². The van der Waals surface area contributed by atoms with Crippen molar-refractivity contribution in [1.82, 2.24) is 0 Å². The van der Waals surface area contributed by atoms with Crippen LogP contribution in [0, 0.1) is 6.92 Å². The van der Waals surface area contributed by atoms with Crippen LogP contribution in [0.5, 0.6) is 17.2 Å². The first kappa shape index (κ1) is 22.0. The maximum absolute atomic E-state index is 12.7. The van der Waals surface area contributed by atoms with Crippen LogP contribution in [0.3, 0.4) is 0 Å². The lowest BCUT2D eigenvalue weighted by atomic mass is 9.82. The molecule has 2 aliphatic rings. The Labute approximate surface area is 195 Å². The van der Waals surface area contributed by atoms with Crippen molar-refractivity contribution >= 4 is 22.9 Å². The lowest BCUT2D eigenvalue weighted by Crippen LogP contribution is -2.23. The second-order valence-electron chi connectivity index (χ2n) is 8.52. The van der Waals surface area contributed by atoms with Crippen LogP contribution in [0.15, 0.2) is 33.5 Å². The highest BCUT2D eigenvalue weighted by molar-refractivity contribution is 5.95. The van der Waals surface area contributed by atoms with E-state index in [1.807, 2.05) is 19.1 Å². The lowest BCUT2D eigenvalue weighted by molar-refractivity contribution is -0.143. The van der Waals surface area contributed by atoms with Crippen molar-refractivity contribution in [2.24, 2.45) is 0 Å². The number of hydrogen-bond donors (Lipinski definition) is 0. The molecule has 1 aromatic heterocycles. The van der Waals surface area contributed by atoms with Crippen molar-refractivity contribution in [2.45, 2.75) is 38.5 Å². The molecule has 0 radical (unpaired) electrons. The van der Waals surface area contributed by atoms with E-state index in [4.69, 9.17) is 18.6 Å². The summed E-state index contributed by atoms with van der Waals surface area (Å²) in [6, 6.07) is 7.22. The largest absolute Gasteiger partial charge is 0.493 e. The molecule has 0 N–H and O–H groups in total. The average molecular weight is 464 g/mol. The van der Waals surface area contributed by atoms with Gasteiger partial charge in [-0.2, -0.15) is 0 Å². The van der Waals surface area contributed by atoms with Gasteiger partial charge in [-0.3, -0.25) is 4.79 Å². The van der Waals surface area contributed by atoms with Crippen LogP contribution in [0.25, 0.3) is 11.0 Å². The standard InChI is InChI=1S/C26H24O8/c1-13-9-20-24(15-5-4-6-16(15)26(29)33-20)25-23(13)17(11-21(27)34-25)14-7-8-18(19(10-14)30-2)32-12-22(28)31-3/h7-10,17H,4-6,11-12H2,1-3H3. The van der Waals surface area contributed by atoms with Gasteiger partial charge in [-0.1, -0.05) is 6.07 Å². The zero-order valence-corrected chi connectivity index (χ0v) is 19.2. The monoisotopic (exact) mass is 464 g/mol. The molecule has 0 bridgehead atoms. The number of fused-ring (bicyclic) bond motifs is 5. The van der Waals surface area contributed by atoms with Gasteiger partial charge in [0.1, 0.15) is 11.3 Å². The molecule has 5 rings (SSSR count). The average Bonchev–Trinajstić information content (AvgIpc) is 3.32. The number of benzene rings is 2. The number of carbonyl (C=O) groups is 2. The number of esters is 2. The summed E-state index contributed by atoms with van der Waals surface area (Å²) in [5.41, 5.74) is 4.32. The first-order valence-electron chi connectivity index (χ1n) is 11.1. The Balaban J connectivity index is 1.64. The topological polar surface area (TPSA) is 101 Å². The summed E-state index contributed by atoms with van der Waals surface area (Å²) in [5.74, 6) is 0.165. The molecule has 2 aromatic carbocycles. The fourth-order valence-corrected chi connectivity index (χ4v) is 5.01. The summed E-state index contributed by atoms with van der Waals surface area (Å²) in [7, 11) is 2.80. The van der Waals surface area contributed by atoms with Crippen molar-refractivity contribution in [3.05, 3.63) is 62.5 Å². The highest BCUT2D eigenvalue weighted by Crippen LogP contribution is 2.47. The Bertz CT molecular complexity index is 1380. The molecular weight excluding hydrogens is 440 g/mol. The van der Waals surface area contributed by atoms with Gasteiger partial charge in [0.15, 0.2) is 18.1 Å². The van der Waals surface area contributed by atoms with Gasteiger partial charge in [0.2, 0.25) is 0 Å². The number of methoxy groups -OCH3 is 2. The van der Waals surface area contributed by atoms with Crippen molar-refractivity contribution < 1.29 is 33.0 Å². The fourth-order valence-electron chi connectivity index (χ4n) is 5.01. The van der Waals surface area contributed by atoms with Crippen LogP contribution in [0.2, 0.25) is 0 Å². The third-order valence-electron chi connectivity index (χ3n) is 6.56. The van der Waals surface area contributed by atoms with Crippen molar-refractivity contribution in [2.75, 3.05) is 20.8 Å². The summed E-state index contributed by atoms with van der Waals surface area (Å²) in [6.45, 7) is 1.68. The number of rotatable bonds is 5. The van der Waals surface area contributed by atoms with Crippen LogP contribution >= 0.6 is 0 Å². The van der Waals surface area contributed by atoms with Crippen LogP contribution in [-0.2, 0) is 27.2 Å². The Morgan fingerprint density at radius 3 is 2.65 bits per heavy atom. The van der Waals surface area contributed by atoms with Gasteiger partial charge in [-0.25, -0.2) is 9.59 Å². The van der Waals surface area contributed by atoms with Crippen LogP contribution in [-0.4, -0.2) is 32.8 Å². The highest BCUT2D eigenvalue weighted by atomic mass is 16.6. The Morgan fingerprint density at radius 2 is 1.88 bits per heavy atom. The second kappa shape index (κ2) is 8.52. The molecule has 34 heavy (non-hydrogen) atoms. The van der Waals surface area contributed by atoms with E-state index in [2.05, 4.69) is 4.74 Å². The van der Waals surface area contributed by atoms with E-state index in [0.29, 0.717) is 34.8 Å². The van der Waals surface area contributed by atoms with E-state index >= 15 is 0 Å². The van der Waals surface area contributed by atoms with Gasteiger partial charge in [0.25, 0.3) is 0 Å². The molecule has 0 saturated carbocycles. The zero-order valence-electron chi connectivity index (χ0n) is 19.2. The highest BCUT2D eigenvalue weighted by Gasteiger charge is 2.34. The summed E-state index contributed by atoms with van der Waals surface area (Å²) < 4.78 is 27.0. The van der Waals surface area contributed by atoms with Crippen molar-refractivity contribution in [3.63, 3.8) is 0 Å². The molecule has 2 heterocycles. The molecule has 8 heteroatoms. The Hall–Kier alpha value is -3.81. The molecule has 8 nitrogen and oxygen atoms in total. The minimum absolute atomic E-state index is 0.157. The number of ether oxygens (including phenoxy) is 4. The van der Waals surface area contributed by atoms with Gasteiger partial charge in [0.05, 0.1) is 26.0 Å². The van der Waals surface area contributed by atoms with E-state index in [-0.39, 0.29) is 30.5 Å². The maximum Gasteiger partial charge on any atom is 0.343 e. The maximum atomic E-state index is 12.7. The van der Waals surface area contributed by atoms with Gasteiger partial charge < -0.3 is 23.4 Å². The summed E-state index contributed by atoms with van der Waals surface area (Å²) in [6.07, 6.45) is 2.43. The molecule has 1 aliphatic heterocycles. The quantitative estimate of drug-likeness (QED) is 0.321. The third-order valence-corrected chi connectivity index (χ3v) is 6.56. The molecular formula is C26H24O8. The molecule has 0 saturated heterocycles. The van der Waals surface area contributed by atoms with Crippen molar-refractivity contribution in [3.8, 4) is 17.2 Å². The lowest BCUT2D eigenvalue weighted by Gasteiger charge is -2.28. The van der Waals surface area contributed by atoms with E-state index in [0.717, 1.165) is 40.5 Å².